The van der Waals surface area contributed by atoms with Crippen LogP contribution in [0.3, 0.4) is 0 Å². The van der Waals surface area contributed by atoms with Crippen LogP contribution in [-0.4, -0.2) is 19.1 Å². The molecular formula is C16H25ClN2. The number of hydrogen-bond donors (Lipinski definition) is 1. The number of piperidine rings is 1. The third kappa shape index (κ3) is 4.12. The van der Waals surface area contributed by atoms with E-state index in [0.717, 1.165) is 30.6 Å². The first kappa shape index (κ1) is 14.7. The fourth-order valence-electron chi connectivity index (χ4n) is 2.54. The average molecular weight is 281 g/mol. The number of nitrogens with one attached hydrogen (secondary N) is 1. The summed E-state index contributed by atoms with van der Waals surface area (Å²) in [4.78, 5) is 2.49. The molecule has 1 aliphatic rings. The first-order chi connectivity index (χ1) is 9.06. The summed E-state index contributed by atoms with van der Waals surface area (Å²) < 4.78 is 0. The molecule has 0 spiro atoms. The fraction of sp³-hybridized carbons (Fsp3) is 0.625. The minimum absolute atomic E-state index is 0.505. The van der Waals surface area contributed by atoms with E-state index in [1.165, 1.54) is 24.1 Å². The van der Waals surface area contributed by atoms with Crippen molar-refractivity contribution in [2.24, 2.45) is 5.92 Å². The Hall–Kier alpha value is -0.730. The van der Waals surface area contributed by atoms with Gasteiger partial charge in [-0.25, -0.2) is 0 Å². The summed E-state index contributed by atoms with van der Waals surface area (Å²) in [6, 6.07) is 6.78. The number of hydrogen-bond acceptors (Lipinski definition) is 2. The van der Waals surface area contributed by atoms with E-state index in [0.29, 0.717) is 6.04 Å². The van der Waals surface area contributed by atoms with Crippen LogP contribution in [0.15, 0.2) is 18.2 Å². The molecule has 1 aromatic rings. The van der Waals surface area contributed by atoms with E-state index < -0.39 is 0 Å². The van der Waals surface area contributed by atoms with Crippen LogP contribution in [0.2, 0.25) is 5.02 Å². The molecule has 2 nitrogen and oxygen atoms in total. The predicted octanol–water partition coefficient (Wildman–Crippen LogP) is 4.07. The molecule has 19 heavy (non-hydrogen) atoms. The van der Waals surface area contributed by atoms with Crippen molar-refractivity contribution in [1.82, 2.24) is 5.32 Å². The van der Waals surface area contributed by atoms with Gasteiger partial charge in [0.25, 0.3) is 0 Å². The minimum atomic E-state index is 0.505. The Morgan fingerprint density at radius 3 is 2.63 bits per heavy atom. The number of rotatable bonds is 4. The lowest BCUT2D eigenvalue weighted by atomic mass is 9.98. The standard InChI is InChI=1S/C16H25ClN2/c1-12(2)18-11-14-4-5-15(17)10-16(14)19-8-6-13(3)7-9-19/h4-5,10,12-13,18H,6-9,11H2,1-3H3. The van der Waals surface area contributed by atoms with Gasteiger partial charge in [-0.3, -0.25) is 0 Å². The highest BCUT2D eigenvalue weighted by molar-refractivity contribution is 6.30. The Balaban J connectivity index is 2.14. The third-order valence-electron chi connectivity index (χ3n) is 3.87. The maximum atomic E-state index is 6.18. The smallest absolute Gasteiger partial charge is 0.0426 e. The van der Waals surface area contributed by atoms with Crippen molar-refractivity contribution in [2.75, 3.05) is 18.0 Å². The number of nitrogens with zero attached hydrogens (tertiary/aromatic N) is 1. The Labute approximate surface area is 122 Å². The molecule has 0 aliphatic carbocycles. The second kappa shape index (κ2) is 6.62. The van der Waals surface area contributed by atoms with Gasteiger partial charge in [0.15, 0.2) is 0 Å². The molecule has 0 saturated carbocycles. The lowest BCUT2D eigenvalue weighted by Crippen LogP contribution is -2.34. The van der Waals surface area contributed by atoms with Crippen LogP contribution in [0.5, 0.6) is 0 Å². The third-order valence-corrected chi connectivity index (χ3v) is 4.11. The lowest BCUT2D eigenvalue weighted by molar-refractivity contribution is 0.437. The minimum Gasteiger partial charge on any atom is -0.371 e. The second-order valence-corrected chi connectivity index (χ2v) is 6.41. The second-order valence-electron chi connectivity index (χ2n) is 5.98. The quantitative estimate of drug-likeness (QED) is 0.894. The maximum Gasteiger partial charge on any atom is 0.0426 e. The zero-order valence-corrected chi connectivity index (χ0v) is 13.0. The molecule has 1 saturated heterocycles. The summed E-state index contributed by atoms with van der Waals surface area (Å²) in [7, 11) is 0. The molecule has 0 radical (unpaired) electrons. The topological polar surface area (TPSA) is 15.3 Å². The average Bonchev–Trinajstić information content (AvgIpc) is 2.38. The van der Waals surface area contributed by atoms with E-state index in [1.54, 1.807) is 0 Å². The van der Waals surface area contributed by atoms with Gasteiger partial charge in [-0.05, 0) is 36.5 Å². The van der Waals surface area contributed by atoms with Gasteiger partial charge in [0, 0.05) is 36.4 Å². The van der Waals surface area contributed by atoms with Crippen molar-refractivity contribution in [3.63, 3.8) is 0 Å². The maximum absolute atomic E-state index is 6.18. The van der Waals surface area contributed by atoms with Crippen molar-refractivity contribution in [1.29, 1.82) is 0 Å². The van der Waals surface area contributed by atoms with Crippen LogP contribution in [0, 0.1) is 5.92 Å². The summed E-state index contributed by atoms with van der Waals surface area (Å²) in [6.07, 6.45) is 2.56. The molecule has 0 amide bonds. The molecule has 3 heteroatoms. The highest BCUT2D eigenvalue weighted by Gasteiger charge is 2.18. The highest BCUT2D eigenvalue weighted by Crippen LogP contribution is 2.29. The van der Waals surface area contributed by atoms with Crippen LogP contribution < -0.4 is 10.2 Å². The van der Waals surface area contributed by atoms with Crippen molar-refractivity contribution >= 4 is 17.3 Å². The molecule has 106 valence electrons. The molecule has 1 heterocycles. The van der Waals surface area contributed by atoms with Gasteiger partial charge in [0.05, 0.1) is 0 Å². The fourth-order valence-corrected chi connectivity index (χ4v) is 2.71. The predicted molar refractivity (Wildman–Crippen MR) is 84.0 cm³/mol. The van der Waals surface area contributed by atoms with Gasteiger partial charge in [-0.2, -0.15) is 0 Å². The first-order valence-corrected chi connectivity index (χ1v) is 7.71. The Morgan fingerprint density at radius 1 is 1.32 bits per heavy atom. The summed E-state index contributed by atoms with van der Waals surface area (Å²) in [6.45, 7) is 9.91. The molecule has 1 aliphatic heterocycles. The first-order valence-electron chi connectivity index (χ1n) is 7.33. The number of anilines is 1. The van der Waals surface area contributed by atoms with E-state index in [-0.39, 0.29) is 0 Å². The van der Waals surface area contributed by atoms with Gasteiger partial charge in [0.1, 0.15) is 0 Å². The van der Waals surface area contributed by atoms with Crippen LogP contribution >= 0.6 is 11.6 Å². The normalized spacial score (nSPS) is 17.2. The van der Waals surface area contributed by atoms with Crippen molar-refractivity contribution in [2.45, 2.75) is 46.2 Å². The van der Waals surface area contributed by atoms with Crippen LogP contribution in [0.1, 0.15) is 39.2 Å². The van der Waals surface area contributed by atoms with Crippen LogP contribution in [0.4, 0.5) is 5.69 Å². The SMILES string of the molecule is CC1CCN(c2cc(Cl)ccc2CNC(C)C)CC1. The molecule has 1 fully saturated rings. The molecule has 0 bridgehead atoms. The van der Waals surface area contributed by atoms with E-state index in [1.807, 2.05) is 6.07 Å². The molecular weight excluding hydrogens is 256 g/mol. The largest absolute Gasteiger partial charge is 0.371 e. The van der Waals surface area contributed by atoms with Gasteiger partial charge >= 0.3 is 0 Å². The Kier molecular flexibility index (Phi) is 5.12. The van der Waals surface area contributed by atoms with E-state index in [4.69, 9.17) is 11.6 Å². The van der Waals surface area contributed by atoms with E-state index in [2.05, 4.69) is 43.1 Å². The highest BCUT2D eigenvalue weighted by atomic mass is 35.5. The molecule has 2 rings (SSSR count). The molecule has 0 aromatic heterocycles. The summed E-state index contributed by atoms with van der Waals surface area (Å²) >= 11 is 6.18. The zero-order chi connectivity index (χ0) is 13.8. The van der Waals surface area contributed by atoms with Crippen molar-refractivity contribution in [3.05, 3.63) is 28.8 Å². The van der Waals surface area contributed by atoms with Crippen LogP contribution in [-0.2, 0) is 6.54 Å². The van der Waals surface area contributed by atoms with Crippen molar-refractivity contribution < 1.29 is 0 Å². The number of halogens is 1. The van der Waals surface area contributed by atoms with Gasteiger partial charge in [-0.15, -0.1) is 0 Å². The molecule has 0 atom stereocenters. The Morgan fingerprint density at radius 2 is 2.00 bits per heavy atom. The lowest BCUT2D eigenvalue weighted by Gasteiger charge is -2.33. The van der Waals surface area contributed by atoms with Crippen molar-refractivity contribution in [3.8, 4) is 0 Å². The van der Waals surface area contributed by atoms with Crippen LogP contribution in [0.25, 0.3) is 0 Å². The zero-order valence-electron chi connectivity index (χ0n) is 12.2. The van der Waals surface area contributed by atoms with E-state index in [9.17, 15) is 0 Å². The summed E-state index contributed by atoms with van der Waals surface area (Å²) in [5, 5.41) is 4.33. The molecule has 1 N–H and O–H groups in total. The number of benzene rings is 1. The summed E-state index contributed by atoms with van der Waals surface area (Å²) in [5.74, 6) is 0.854. The van der Waals surface area contributed by atoms with Gasteiger partial charge < -0.3 is 10.2 Å². The van der Waals surface area contributed by atoms with Gasteiger partial charge in [-0.1, -0.05) is 38.4 Å². The van der Waals surface area contributed by atoms with Gasteiger partial charge in [0.2, 0.25) is 0 Å². The molecule has 1 aromatic carbocycles. The van der Waals surface area contributed by atoms with E-state index >= 15 is 0 Å². The Bertz CT molecular complexity index is 409. The molecule has 0 unspecified atom stereocenters. The monoisotopic (exact) mass is 280 g/mol. The summed E-state index contributed by atoms with van der Waals surface area (Å²) in [5.41, 5.74) is 2.67.